The van der Waals surface area contributed by atoms with E-state index in [0.717, 1.165) is 44.3 Å². The fourth-order valence-electron chi connectivity index (χ4n) is 4.85. The van der Waals surface area contributed by atoms with Crippen LogP contribution >= 0.6 is 0 Å². The second-order valence-corrected chi connectivity index (χ2v) is 8.94. The molecule has 0 spiro atoms. The number of likely N-dealkylation sites (tertiary alicyclic amines) is 1. The van der Waals surface area contributed by atoms with Gasteiger partial charge in [0.25, 0.3) is 5.56 Å². The number of carbonyl (C=O) groups is 1. The Hall–Kier alpha value is -3.03. The lowest BCUT2D eigenvalue weighted by atomic mass is 9.94. The fourth-order valence-corrected chi connectivity index (χ4v) is 4.85. The second-order valence-electron chi connectivity index (χ2n) is 8.94. The van der Waals surface area contributed by atoms with Crippen molar-refractivity contribution in [2.75, 3.05) is 13.1 Å². The number of amides is 1. The van der Waals surface area contributed by atoms with E-state index in [1.807, 2.05) is 17.0 Å². The van der Waals surface area contributed by atoms with Crippen molar-refractivity contribution in [3.8, 4) is 0 Å². The molecule has 3 aromatic rings. The Kier molecular flexibility index (Phi) is 5.29. The maximum Gasteiger partial charge on any atom is 0.281 e. The van der Waals surface area contributed by atoms with Crippen LogP contribution in [0, 0.1) is 12.8 Å². The topological polar surface area (TPSA) is 96.8 Å². The zero-order valence-corrected chi connectivity index (χ0v) is 17.9. The third kappa shape index (κ3) is 3.98. The van der Waals surface area contributed by atoms with Gasteiger partial charge in [-0.3, -0.25) is 9.59 Å². The predicted octanol–water partition coefficient (Wildman–Crippen LogP) is 2.77. The molecule has 0 radical (unpaired) electrons. The summed E-state index contributed by atoms with van der Waals surface area (Å²) < 4.78 is 1.69. The number of aromatic nitrogens is 5. The summed E-state index contributed by atoms with van der Waals surface area (Å²) in [5.74, 6) is 1.34. The summed E-state index contributed by atoms with van der Waals surface area (Å²) in [7, 11) is 0. The van der Waals surface area contributed by atoms with Gasteiger partial charge < -0.3 is 9.88 Å². The van der Waals surface area contributed by atoms with Crippen molar-refractivity contribution < 1.29 is 4.79 Å². The van der Waals surface area contributed by atoms with E-state index in [1.54, 1.807) is 4.68 Å². The highest BCUT2D eigenvalue weighted by Gasteiger charge is 2.31. The van der Waals surface area contributed by atoms with Crippen LogP contribution in [0.4, 0.5) is 0 Å². The van der Waals surface area contributed by atoms with Crippen molar-refractivity contribution in [2.24, 2.45) is 5.92 Å². The smallest absolute Gasteiger partial charge is 0.281 e. The molecule has 1 N–H and O–H groups in total. The number of hydrogen-bond donors (Lipinski definition) is 1. The number of aryl methyl sites for hydroxylation is 1. The number of carbonyl (C=O) groups excluding carboxylic acids is 1. The van der Waals surface area contributed by atoms with Gasteiger partial charge in [-0.05, 0) is 38.2 Å². The minimum absolute atomic E-state index is 0.132. The van der Waals surface area contributed by atoms with E-state index in [9.17, 15) is 9.59 Å². The number of piperidine rings is 1. The van der Waals surface area contributed by atoms with Crippen LogP contribution in [0.1, 0.15) is 61.4 Å². The van der Waals surface area contributed by atoms with Crippen LogP contribution in [0.5, 0.6) is 0 Å². The molecule has 1 aromatic carbocycles. The molecule has 162 valence electrons. The minimum Gasteiger partial charge on any atom is -0.342 e. The summed E-state index contributed by atoms with van der Waals surface area (Å²) in [6.45, 7) is 4.01. The van der Waals surface area contributed by atoms with Crippen LogP contribution in [0.15, 0.2) is 29.1 Å². The highest BCUT2D eigenvalue weighted by atomic mass is 16.2. The van der Waals surface area contributed by atoms with Crippen LogP contribution in [-0.4, -0.2) is 48.9 Å². The highest BCUT2D eigenvalue weighted by molar-refractivity contribution is 5.79. The van der Waals surface area contributed by atoms with Gasteiger partial charge in [-0.25, -0.2) is 9.67 Å². The fraction of sp³-hybridized carbons (Fsp3) is 0.522. The first kappa shape index (κ1) is 19.9. The van der Waals surface area contributed by atoms with E-state index in [0.29, 0.717) is 23.9 Å². The van der Waals surface area contributed by atoms with E-state index in [1.165, 1.54) is 18.4 Å². The number of rotatable bonds is 4. The lowest BCUT2D eigenvalue weighted by molar-refractivity contribution is -0.136. The molecule has 1 aliphatic heterocycles. The highest BCUT2D eigenvalue weighted by Crippen LogP contribution is 2.30. The van der Waals surface area contributed by atoms with Gasteiger partial charge in [-0.15, -0.1) is 5.10 Å². The van der Waals surface area contributed by atoms with Gasteiger partial charge in [-0.2, -0.15) is 0 Å². The molecule has 1 saturated carbocycles. The molecule has 0 unspecified atom stereocenters. The Morgan fingerprint density at radius 1 is 1.10 bits per heavy atom. The number of H-pyrrole nitrogens is 1. The molecule has 8 heteroatoms. The summed E-state index contributed by atoms with van der Waals surface area (Å²) in [5.41, 5.74) is 2.81. The molecular formula is C23H28N6O2. The molecule has 1 aliphatic carbocycles. The minimum atomic E-state index is -0.250. The van der Waals surface area contributed by atoms with E-state index in [2.05, 4.69) is 34.4 Å². The van der Waals surface area contributed by atoms with Gasteiger partial charge in [0.1, 0.15) is 5.82 Å². The van der Waals surface area contributed by atoms with Gasteiger partial charge in [0.15, 0.2) is 11.2 Å². The Labute approximate surface area is 180 Å². The van der Waals surface area contributed by atoms with Crippen LogP contribution in [-0.2, 0) is 11.3 Å². The van der Waals surface area contributed by atoms with Crippen LogP contribution in [0.25, 0.3) is 11.2 Å². The van der Waals surface area contributed by atoms with Crippen LogP contribution < -0.4 is 5.56 Å². The number of fused-ring (bicyclic) bond motifs is 1. The quantitative estimate of drug-likeness (QED) is 0.700. The standard InChI is InChI=1S/C23H28N6O2/c1-15-6-8-16(9-7-15)14-29-21-19(26-27-29)22(30)25-20(24-21)17-10-12-28(13-11-17)23(31)18-4-2-3-5-18/h6-9,17-18H,2-5,10-14H2,1H3,(H,24,25,30). The Bertz CT molecular complexity index is 1140. The third-order valence-electron chi connectivity index (χ3n) is 6.74. The normalized spacial score (nSPS) is 18.2. The maximum atomic E-state index is 12.7. The first-order valence-corrected chi connectivity index (χ1v) is 11.3. The SMILES string of the molecule is Cc1ccc(Cn2nnc3c(=O)[nH]c(C4CCN(C(=O)C5CCCC5)CC4)nc32)cc1. The van der Waals surface area contributed by atoms with Crippen molar-refractivity contribution >= 4 is 17.1 Å². The molecular weight excluding hydrogens is 392 g/mol. The van der Waals surface area contributed by atoms with Crippen molar-refractivity contribution in [3.05, 3.63) is 51.6 Å². The van der Waals surface area contributed by atoms with Gasteiger partial charge in [0.2, 0.25) is 5.91 Å². The Morgan fingerprint density at radius 3 is 2.52 bits per heavy atom. The second kappa shape index (κ2) is 8.24. The molecule has 1 amide bonds. The summed E-state index contributed by atoms with van der Waals surface area (Å²) in [6, 6.07) is 8.21. The average Bonchev–Trinajstić information content (AvgIpc) is 3.46. The zero-order chi connectivity index (χ0) is 21.4. The summed E-state index contributed by atoms with van der Waals surface area (Å²) >= 11 is 0. The van der Waals surface area contributed by atoms with Crippen molar-refractivity contribution in [2.45, 2.75) is 57.9 Å². The van der Waals surface area contributed by atoms with Crippen LogP contribution in [0.2, 0.25) is 0 Å². The first-order chi connectivity index (χ1) is 15.1. The molecule has 2 aromatic heterocycles. The number of benzene rings is 1. The van der Waals surface area contributed by atoms with E-state index < -0.39 is 0 Å². The van der Waals surface area contributed by atoms with Crippen molar-refractivity contribution in [3.63, 3.8) is 0 Å². The number of aromatic amines is 1. The summed E-state index contributed by atoms with van der Waals surface area (Å²) in [4.78, 5) is 35.0. The molecule has 0 atom stereocenters. The molecule has 5 rings (SSSR count). The molecule has 2 aliphatic rings. The van der Waals surface area contributed by atoms with Crippen LogP contribution in [0.3, 0.4) is 0 Å². The lowest BCUT2D eigenvalue weighted by Gasteiger charge is -2.33. The van der Waals surface area contributed by atoms with Gasteiger partial charge in [0.05, 0.1) is 6.54 Å². The summed E-state index contributed by atoms with van der Waals surface area (Å²) in [6.07, 6.45) is 6.02. The predicted molar refractivity (Wildman–Crippen MR) is 117 cm³/mol. The molecule has 0 bridgehead atoms. The molecule has 2 fully saturated rings. The average molecular weight is 421 g/mol. The van der Waals surface area contributed by atoms with Crippen molar-refractivity contribution in [1.29, 1.82) is 0 Å². The molecule has 3 heterocycles. The van der Waals surface area contributed by atoms with Gasteiger partial charge in [0, 0.05) is 24.9 Å². The Balaban J connectivity index is 1.34. The Morgan fingerprint density at radius 2 is 1.81 bits per heavy atom. The lowest BCUT2D eigenvalue weighted by Crippen LogP contribution is -2.41. The van der Waals surface area contributed by atoms with Crippen molar-refractivity contribution in [1.82, 2.24) is 29.9 Å². The van der Waals surface area contributed by atoms with Gasteiger partial charge in [-0.1, -0.05) is 47.9 Å². The number of nitrogens with one attached hydrogen (secondary N) is 1. The largest absolute Gasteiger partial charge is 0.342 e. The third-order valence-corrected chi connectivity index (χ3v) is 6.74. The van der Waals surface area contributed by atoms with E-state index >= 15 is 0 Å². The summed E-state index contributed by atoms with van der Waals surface area (Å²) in [5, 5.41) is 8.22. The molecule has 8 nitrogen and oxygen atoms in total. The number of nitrogens with zero attached hydrogens (tertiary/aromatic N) is 5. The molecule has 31 heavy (non-hydrogen) atoms. The number of hydrogen-bond acceptors (Lipinski definition) is 5. The van der Waals surface area contributed by atoms with E-state index in [-0.39, 0.29) is 22.9 Å². The van der Waals surface area contributed by atoms with Gasteiger partial charge >= 0.3 is 0 Å². The maximum absolute atomic E-state index is 12.7. The molecule has 1 saturated heterocycles. The zero-order valence-electron chi connectivity index (χ0n) is 17.9. The monoisotopic (exact) mass is 420 g/mol. The van der Waals surface area contributed by atoms with E-state index in [4.69, 9.17) is 4.98 Å². The first-order valence-electron chi connectivity index (χ1n) is 11.3.